The van der Waals surface area contributed by atoms with Crippen LogP contribution >= 0.6 is 23.1 Å². The molecule has 26 heavy (non-hydrogen) atoms. The fraction of sp³-hybridized carbons (Fsp3) is 0.316. The molecule has 0 saturated heterocycles. The van der Waals surface area contributed by atoms with E-state index in [1.165, 1.54) is 17.3 Å². The molecule has 1 saturated carbocycles. The van der Waals surface area contributed by atoms with Crippen LogP contribution in [0, 0.1) is 6.92 Å². The lowest BCUT2D eigenvalue weighted by Crippen LogP contribution is -2.22. The van der Waals surface area contributed by atoms with E-state index in [4.69, 9.17) is 0 Å². The zero-order valence-electron chi connectivity index (χ0n) is 14.7. The van der Waals surface area contributed by atoms with Gasteiger partial charge in [0.2, 0.25) is 5.91 Å². The molecule has 1 fully saturated rings. The van der Waals surface area contributed by atoms with E-state index in [1.807, 2.05) is 49.6 Å². The molecule has 0 aliphatic heterocycles. The Kier molecular flexibility index (Phi) is 4.82. The number of thiophene rings is 1. The molecule has 1 atom stereocenters. The van der Waals surface area contributed by atoms with E-state index in [1.54, 1.807) is 11.3 Å². The molecular weight excluding hydrogens is 364 g/mol. The third-order valence-corrected chi connectivity index (χ3v) is 6.21. The van der Waals surface area contributed by atoms with E-state index in [0.717, 1.165) is 34.4 Å². The molecule has 2 aromatic heterocycles. The van der Waals surface area contributed by atoms with Gasteiger partial charge in [-0.05, 0) is 50.3 Å². The van der Waals surface area contributed by atoms with Gasteiger partial charge in [-0.1, -0.05) is 35.5 Å². The fourth-order valence-corrected chi connectivity index (χ4v) is 4.31. The first kappa shape index (κ1) is 17.3. The van der Waals surface area contributed by atoms with Crippen molar-refractivity contribution in [3.05, 3.63) is 47.3 Å². The highest BCUT2D eigenvalue weighted by molar-refractivity contribution is 8.00. The van der Waals surface area contributed by atoms with Gasteiger partial charge in [-0.3, -0.25) is 9.36 Å². The Morgan fingerprint density at radius 2 is 2.04 bits per heavy atom. The smallest absolute Gasteiger partial charge is 0.237 e. The average molecular weight is 385 g/mol. The molecule has 4 rings (SSSR count). The first-order chi connectivity index (χ1) is 12.6. The topological polar surface area (TPSA) is 59.8 Å². The first-order valence-corrected chi connectivity index (χ1v) is 10.4. The van der Waals surface area contributed by atoms with E-state index in [9.17, 15) is 4.79 Å². The highest BCUT2D eigenvalue weighted by Gasteiger charge is 2.31. The van der Waals surface area contributed by atoms with Crippen molar-refractivity contribution in [3.8, 4) is 10.7 Å². The molecule has 0 spiro atoms. The van der Waals surface area contributed by atoms with Gasteiger partial charge >= 0.3 is 0 Å². The van der Waals surface area contributed by atoms with Crippen LogP contribution in [-0.2, 0) is 4.79 Å². The van der Waals surface area contributed by atoms with Gasteiger partial charge in [-0.15, -0.1) is 21.5 Å². The van der Waals surface area contributed by atoms with Gasteiger partial charge in [0.1, 0.15) is 0 Å². The monoisotopic (exact) mass is 384 g/mol. The number of aromatic nitrogens is 3. The van der Waals surface area contributed by atoms with Crippen LogP contribution in [0.1, 0.15) is 31.4 Å². The summed E-state index contributed by atoms with van der Waals surface area (Å²) in [7, 11) is 0. The molecule has 0 bridgehead atoms. The molecule has 5 nitrogen and oxygen atoms in total. The average Bonchev–Trinajstić information content (AvgIpc) is 3.16. The third kappa shape index (κ3) is 3.68. The van der Waals surface area contributed by atoms with Crippen LogP contribution in [0.25, 0.3) is 10.7 Å². The van der Waals surface area contributed by atoms with Crippen molar-refractivity contribution in [2.24, 2.45) is 0 Å². The summed E-state index contributed by atoms with van der Waals surface area (Å²) in [5, 5.41) is 14.4. The van der Waals surface area contributed by atoms with Crippen molar-refractivity contribution in [2.45, 2.75) is 43.1 Å². The van der Waals surface area contributed by atoms with Crippen molar-refractivity contribution >= 4 is 34.7 Å². The first-order valence-electron chi connectivity index (χ1n) is 8.65. The summed E-state index contributed by atoms with van der Waals surface area (Å²) >= 11 is 3.13. The van der Waals surface area contributed by atoms with Gasteiger partial charge < -0.3 is 5.32 Å². The van der Waals surface area contributed by atoms with Crippen LogP contribution in [0.2, 0.25) is 0 Å². The molecule has 7 heteroatoms. The molecule has 0 unspecified atom stereocenters. The molecular formula is C19H20N4OS2. The van der Waals surface area contributed by atoms with E-state index in [2.05, 4.69) is 26.1 Å². The zero-order chi connectivity index (χ0) is 18.1. The summed E-state index contributed by atoms with van der Waals surface area (Å²) in [6.07, 6.45) is 2.29. The van der Waals surface area contributed by atoms with Crippen LogP contribution in [-0.4, -0.2) is 25.9 Å². The van der Waals surface area contributed by atoms with Gasteiger partial charge in [0.05, 0.1) is 10.1 Å². The standard InChI is InChI=1S/C19H20N4OS2/c1-12-5-7-14(8-6-12)20-18(24)13(2)26-19-22-21-17(16-4-3-11-25-16)23(19)15-9-10-15/h3-8,11,13,15H,9-10H2,1-2H3,(H,20,24)/t13-/m0/s1. The Bertz CT molecular complexity index is 898. The number of hydrogen-bond acceptors (Lipinski definition) is 5. The molecule has 2 heterocycles. The fourth-order valence-electron chi connectivity index (χ4n) is 2.69. The molecule has 1 aromatic carbocycles. The van der Waals surface area contributed by atoms with Crippen molar-refractivity contribution < 1.29 is 4.79 Å². The molecule has 1 amide bonds. The normalized spacial score (nSPS) is 15.0. The van der Waals surface area contributed by atoms with Gasteiger partial charge in [-0.2, -0.15) is 0 Å². The van der Waals surface area contributed by atoms with E-state index in [-0.39, 0.29) is 11.2 Å². The maximum atomic E-state index is 12.5. The number of carbonyl (C=O) groups is 1. The van der Waals surface area contributed by atoms with Crippen molar-refractivity contribution in [1.82, 2.24) is 14.8 Å². The zero-order valence-corrected chi connectivity index (χ0v) is 16.3. The number of thioether (sulfide) groups is 1. The lowest BCUT2D eigenvalue weighted by molar-refractivity contribution is -0.115. The largest absolute Gasteiger partial charge is 0.325 e. The number of nitrogens with zero attached hydrogens (tertiary/aromatic N) is 3. The quantitative estimate of drug-likeness (QED) is 0.622. The van der Waals surface area contributed by atoms with Crippen molar-refractivity contribution in [2.75, 3.05) is 5.32 Å². The molecule has 0 radical (unpaired) electrons. The van der Waals surface area contributed by atoms with Crippen LogP contribution in [0.5, 0.6) is 0 Å². The highest BCUT2D eigenvalue weighted by Crippen LogP contribution is 2.42. The molecule has 134 valence electrons. The number of benzene rings is 1. The predicted octanol–water partition coefficient (Wildman–Crippen LogP) is 4.77. The van der Waals surface area contributed by atoms with Gasteiger partial charge in [0, 0.05) is 11.7 Å². The summed E-state index contributed by atoms with van der Waals surface area (Å²) in [5.74, 6) is 0.887. The van der Waals surface area contributed by atoms with E-state index < -0.39 is 0 Å². The summed E-state index contributed by atoms with van der Waals surface area (Å²) in [6, 6.07) is 12.4. The minimum atomic E-state index is -0.255. The summed E-state index contributed by atoms with van der Waals surface area (Å²) in [4.78, 5) is 13.7. The minimum Gasteiger partial charge on any atom is -0.325 e. The number of amides is 1. The third-order valence-electron chi connectivity index (χ3n) is 4.29. The number of nitrogens with one attached hydrogen (secondary N) is 1. The lowest BCUT2D eigenvalue weighted by Gasteiger charge is -2.13. The molecule has 1 N–H and O–H groups in total. The summed E-state index contributed by atoms with van der Waals surface area (Å²) in [5.41, 5.74) is 1.99. The van der Waals surface area contributed by atoms with Crippen molar-refractivity contribution in [3.63, 3.8) is 0 Å². The molecule has 1 aliphatic carbocycles. The van der Waals surface area contributed by atoms with Gasteiger partial charge in [0.15, 0.2) is 11.0 Å². The molecule has 1 aliphatic rings. The SMILES string of the molecule is Cc1ccc(NC(=O)[C@H](C)Sc2nnc(-c3cccs3)n2C2CC2)cc1. The number of rotatable bonds is 6. The second-order valence-electron chi connectivity index (χ2n) is 6.50. The van der Waals surface area contributed by atoms with E-state index >= 15 is 0 Å². The number of anilines is 1. The maximum Gasteiger partial charge on any atom is 0.237 e. The predicted molar refractivity (Wildman–Crippen MR) is 107 cm³/mol. The lowest BCUT2D eigenvalue weighted by atomic mass is 10.2. The van der Waals surface area contributed by atoms with Crippen molar-refractivity contribution in [1.29, 1.82) is 0 Å². The Labute approximate surface area is 160 Å². The van der Waals surface area contributed by atoms with Crippen LogP contribution in [0.15, 0.2) is 46.9 Å². The van der Waals surface area contributed by atoms with Crippen LogP contribution in [0.3, 0.4) is 0 Å². The van der Waals surface area contributed by atoms with Crippen LogP contribution < -0.4 is 5.32 Å². The second kappa shape index (κ2) is 7.25. The van der Waals surface area contributed by atoms with Gasteiger partial charge in [0.25, 0.3) is 0 Å². The number of aryl methyl sites for hydroxylation is 1. The van der Waals surface area contributed by atoms with Crippen LogP contribution in [0.4, 0.5) is 5.69 Å². The maximum absolute atomic E-state index is 12.5. The van der Waals surface area contributed by atoms with Gasteiger partial charge in [-0.25, -0.2) is 0 Å². The number of carbonyl (C=O) groups excluding carboxylic acids is 1. The second-order valence-corrected chi connectivity index (χ2v) is 8.76. The Hall–Kier alpha value is -2.12. The molecule has 3 aromatic rings. The minimum absolute atomic E-state index is 0.0260. The number of hydrogen-bond donors (Lipinski definition) is 1. The Balaban J connectivity index is 1.50. The Morgan fingerprint density at radius 3 is 2.69 bits per heavy atom. The Morgan fingerprint density at radius 1 is 1.27 bits per heavy atom. The van der Waals surface area contributed by atoms with E-state index in [0.29, 0.717) is 6.04 Å². The summed E-state index contributed by atoms with van der Waals surface area (Å²) < 4.78 is 2.20. The highest BCUT2D eigenvalue weighted by atomic mass is 32.2. The summed E-state index contributed by atoms with van der Waals surface area (Å²) in [6.45, 7) is 3.94.